The summed E-state index contributed by atoms with van der Waals surface area (Å²) in [5.41, 5.74) is 0. The summed E-state index contributed by atoms with van der Waals surface area (Å²) in [6.07, 6.45) is 47.0. The number of aliphatic hydroxyl groups is 1. The van der Waals surface area contributed by atoms with E-state index < -0.39 is 57.6 Å². The maximum atomic E-state index is 12.3. The van der Waals surface area contributed by atoms with Gasteiger partial charge in [0.25, 0.3) is 0 Å². The number of phosphoric ester groups is 1. The maximum Gasteiger partial charge on any atom is 0.472 e. The molecule has 342 valence electrons. The highest BCUT2D eigenvalue weighted by molar-refractivity contribution is 7.47. The predicted molar refractivity (Wildman–Crippen MR) is 240 cm³/mol. The van der Waals surface area contributed by atoms with Crippen molar-refractivity contribution >= 4 is 25.7 Å². The molecule has 0 saturated carbocycles. The number of ether oxygens (including phenoxy) is 1. The summed E-state index contributed by atoms with van der Waals surface area (Å²) in [4.78, 5) is 46.0. The first-order chi connectivity index (χ1) is 28.6. The molecule has 3 unspecified atom stereocenters. The van der Waals surface area contributed by atoms with Gasteiger partial charge in [0.05, 0.1) is 13.2 Å². The van der Waals surface area contributed by atoms with E-state index >= 15 is 0 Å². The van der Waals surface area contributed by atoms with E-state index in [9.17, 15) is 34.1 Å². The SMILES string of the molecule is CCCC/C=C\C/C=C\CCCCCCCC(=O)OCC(O)COP(=O)(O)OCC(NC(=O)CCCCCCCCCCCCC/C=C\C/C=C\CCCCC)C(=O)O. The number of esters is 1. The van der Waals surface area contributed by atoms with Crippen molar-refractivity contribution in [3.8, 4) is 0 Å². The second kappa shape index (κ2) is 42.1. The molecule has 1 amide bonds. The summed E-state index contributed by atoms with van der Waals surface area (Å²) in [5.74, 6) is -2.39. The molecular formula is C47H84NO10P. The maximum absolute atomic E-state index is 12.3. The van der Waals surface area contributed by atoms with Crippen molar-refractivity contribution in [2.75, 3.05) is 19.8 Å². The Morgan fingerprint density at radius 3 is 1.42 bits per heavy atom. The van der Waals surface area contributed by atoms with Crippen molar-refractivity contribution < 1.29 is 47.8 Å². The van der Waals surface area contributed by atoms with E-state index in [0.29, 0.717) is 12.8 Å². The van der Waals surface area contributed by atoms with Crippen LogP contribution in [0.4, 0.5) is 0 Å². The van der Waals surface area contributed by atoms with E-state index in [-0.39, 0.29) is 12.8 Å². The van der Waals surface area contributed by atoms with E-state index in [0.717, 1.165) is 77.0 Å². The number of carbonyl (C=O) groups excluding carboxylic acids is 2. The van der Waals surface area contributed by atoms with E-state index in [1.807, 2.05) is 0 Å². The molecule has 59 heavy (non-hydrogen) atoms. The van der Waals surface area contributed by atoms with Crippen LogP contribution in [0.2, 0.25) is 0 Å². The summed E-state index contributed by atoms with van der Waals surface area (Å²) < 4.78 is 26.8. The molecule has 0 aliphatic carbocycles. The molecule has 0 spiro atoms. The van der Waals surface area contributed by atoms with Gasteiger partial charge in [0, 0.05) is 12.8 Å². The second-order valence-electron chi connectivity index (χ2n) is 15.6. The van der Waals surface area contributed by atoms with Gasteiger partial charge in [-0.25, -0.2) is 9.36 Å². The van der Waals surface area contributed by atoms with Crippen molar-refractivity contribution in [2.45, 2.75) is 212 Å². The fourth-order valence-electron chi connectivity index (χ4n) is 6.19. The first-order valence-electron chi connectivity index (χ1n) is 23.2. The van der Waals surface area contributed by atoms with Gasteiger partial charge in [-0.05, 0) is 70.6 Å². The van der Waals surface area contributed by atoms with Gasteiger partial charge in [-0.1, -0.05) is 165 Å². The van der Waals surface area contributed by atoms with Crippen LogP contribution in [0.15, 0.2) is 48.6 Å². The Morgan fingerprint density at radius 1 is 0.542 bits per heavy atom. The van der Waals surface area contributed by atoms with Gasteiger partial charge < -0.3 is 25.2 Å². The Morgan fingerprint density at radius 2 is 0.949 bits per heavy atom. The minimum atomic E-state index is -4.76. The molecule has 0 radical (unpaired) electrons. The summed E-state index contributed by atoms with van der Waals surface area (Å²) in [6, 6.07) is -1.55. The molecule has 0 saturated heterocycles. The molecule has 0 aromatic carbocycles. The number of carboxylic acids is 1. The number of carboxylic acid groups (broad SMARTS) is 1. The van der Waals surface area contributed by atoms with Crippen molar-refractivity contribution in [1.29, 1.82) is 0 Å². The lowest BCUT2D eigenvalue weighted by atomic mass is 10.0. The molecule has 0 fully saturated rings. The Kier molecular flexibility index (Phi) is 40.3. The van der Waals surface area contributed by atoms with Crippen LogP contribution in [-0.4, -0.2) is 64.9 Å². The van der Waals surface area contributed by atoms with Gasteiger partial charge in [0.15, 0.2) is 6.04 Å². The molecule has 0 aliphatic rings. The number of unbranched alkanes of at least 4 members (excludes halogenated alkanes) is 21. The minimum Gasteiger partial charge on any atom is -0.480 e. The van der Waals surface area contributed by atoms with Crippen LogP contribution in [0.25, 0.3) is 0 Å². The van der Waals surface area contributed by atoms with E-state index in [4.69, 9.17) is 13.8 Å². The number of phosphoric acid groups is 1. The van der Waals surface area contributed by atoms with Crippen LogP contribution < -0.4 is 5.32 Å². The fourth-order valence-corrected chi connectivity index (χ4v) is 6.96. The van der Waals surface area contributed by atoms with Gasteiger partial charge in [0.2, 0.25) is 5.91 Å². The quantitative estimate of drug-likeness (QED) is 0.0200. The molecule has 11 nitrogen and oxygen atoms in total. The monoisotopic (exact) mass is 854 g/mol. The molecular weight excluding hydrogens is 769 g/mol. The van der Waals surface area contributed by atoms with Gasteiger partial charge in [-0.15, -0.1) is 0 Å². The zero-order chi connectivity index (χ0) is 43.5. The van der Waals surface area contributed by atoms with Crippen molar-refractivity contribution in [3.63, 3.8) is 0 Å². The number of nitrogens with one attached hydrogen (secondary N) is 1. The molecule has 0 aliphatic heterocycles. The van der Waals surface area contributed by atoms with Crippen LogP contribution in [0, 0.1) is 0 Å². The average molecular weight is 854 g/mol. The van der Waals surface area contributed by atoms with Gasteiger partial charge >= 0.3 is 19.8 Å². The lowest BCUT2D eigenvalue weighted by molar-refractivity contribution is -0.147. The van der Waals surface area contributed by atoms with Gasteiger partial charge in [-0.3, -0.25) is 18.6 Å². The number of hydrogen-bond acceptors (Lipinski definition) is 8. The van der Waals surface area contributed by atoms with Crippen molar-refractivity contribution in [1.82, 2.24) is 5.32 Å². The molecule has 0 aromatic rings. The fraction of sp³-hybridized carbons (Fsp3) is 0.766. The van der Waals surface area contributed by atoms with Crippen LogP contribution >= 0.6 is 7.82 Å². The lowest BCUT2D eigenvalue weighted by Gasteiger charge is -2.18. The highest BCUT2D eigenvalue weighted by Crippen LogP contribution is 2.43. The highest BCUT2D eigenvalue weighted by Gasteiger charge is 2.28. The van der Waals surface area contributed by atoms with Gasteiger partial charge in [0.1, 0.15) is 12.7 Å². The molecule has 0 rings (SSSR count). The Bertz CT molecular complexity index is 1190. The van der Waals surface area contributed by atoms with E-state index in [1.54, 1.807) is 0 Å². The third-order valence-electron chi connectivity index (χ3n) is 9.84. The second-order valence-corrected chi connectivity index (χ2v) is 17.0. The number of hydrogen-bond donors (Lipinski definition) is 4. The number of amides is 1. The number of aliphatic carboxylic acids is 1. The normalized spacial score (nSPS) is 14.1. The van der Waals surface area contributed by atoms with Crippen molar-refractivity contribution in [3.05, 3.63) is 48.6 Å². The van der Waals surface area contributed by atoms with Gasteiger partial charge in [-0.2, -0.15) is 0 Å². The molecule has 0 bridgehead atoms. The zero-order valence-electron chi connectivity index (χ0n) is 37.0. The lowest BCUT2D eigenvalue weighted by Crippen LogP contribution is -2.43. The molecule has 4 N–H and O–H groups in total. The molecule has 3 atom stereocenters. The largest absolute Gasteiger partial charge is 0.480 e. The number of rotatable bonds is 43. The smallest absolute Gasteiger partial charge is 0.472 e. The number of carbonyl (C=O) groups is 3. The highest BCUT2D eigenvalue weighted by atomic mass is 31.2. The molecule has 0 heterocycles. The Hall–Kier alpha value is -2.56. The first-order valence-corrected chi connectivity index (χ1v) is 24.7. The summed E-state index contributed by atoms with van der Waals surface area (Å²) >= 11 is 0. The van der Waals surface area contributed by atoms with Crippen LogP contribution in [0.5, 0.6) is 0 Å². The Balaban J connectivity index is 3.88. The Labute approximate surface area is 358 Å². The summed E-state index contributed by atoms with van der Waals surface area (Å²) in [6.45, 7) is 2.52. The molecule has 0 aromatic heterocycles. The van der Waals surface area contributed by atoms with E-state index in [1.165, 1.54) is 83.5 Å². The summed E-state index contributed by atoms with van der Waals surface area (Å²) in [5, 5.41) is 21.9. The first kappa shape index (κ1) is 56.4. The van der Waals surface area contributed by atoms with Crippen LogP contribution in [0.1, 0.15) is 200 Å². The van der Waals surface area contributed by atoms with Crippen LogP contribution in [-0.2, 0) is 32.7 Å². The number of aliphatic hydroxyl groups excluding tert-OH is 1. The third-order valence-corrected chi connectivity index (χ3v) is 10.8. The van der Waals surface area contributed by atoms with Crippen molar-refractivity contribution in [2.24, 2.45) is 0 Å². The van der Waals surface area contributed by atoms with Crippen LogP contribution in [0.3, 0.4) is 0 Å². The average Bonchev–Trinajstić information content (AvgIpc) is 3.21. The summed E-state index contributed by atoms with van der Waals surface area (Å²) in [7, 11) is -4.76. The minimum absolute atomic E-state index is 0.141. The topological polar surface area (TPSA) is 169 Å². The third kappa shape index (κ3) is 41.9. The zero-order valence-corrected chi connectivity index (χ0v) is 37.9. The standard InChI is InChI=1S/C47H84NO10P/c1-3-5-7-9-11-13-15-17-19-20-21-22-23-24-25-26-28-30-32-34-36-38-45(50)48-44(47(52)53)42-58-59(54,55)57-41-43(49)40-56-46(51)39-37-35-33-31-29-27-18-16-14-12-10-8-6-4-2/h10-13,16-19,43-44,49H,3-9,14-15,20-42H2,1-2H3,(H,48,50)(H,52,53)(H,54,55)/b12-10-,13-11-,18-16-,19-17-. The van der Waals surface area contributed by atoms with E-state index in [2.05, 4.69) is 67.8 Å². The predicted octanol–water partition coefficient (Wildman–Crippen LogP) is 12.2. The molecule has 12 heteroatoms. The number of allylic oxidation sites excluding steroid dienone is 8.